The van der Waals surface area contributed by atoms with Crippen molar-refractivity contribution in [1.29, 1.82) is 0 Å². The lowest BCUT2D eigenvalue weighted by atomic mass is 9.94. The third-order valence-electron chi connectivity index (χ3n) is 4.00. The summed E-state index contributed by atoms with van der Waals surface area (Å²) in [5.74, 6) is 1.18. The number of halogens is 1. The standard InChI is InChI=1S/C17H26N2O3.ClH/c1-13-7-8-18-12-16(13)19-17(20)14-5-3-6-15(11-14)22-10-4-9-21-2;/h3,5-6,11,13,16,18H,4,7-10,12H2,1-2H3,(H,19,20);1H. The molecule has 0 radical (unpaired) electrons. The highest BCUT2D eigenvalue weighted by Crippen LogP contribution is 2.16. The van der Waals surface area contributed by atoms with E-state index in [4.69, 9.17) is 9.47 Å². The molecule has 23 heavy (non-hydrogen) atoms. The minimum absolute atomic E-state index is 0. The van der Waals surface area contributed by atoms with E-state index >= 15 is 0 Å². The molecule has 1 aliphatic heterocycles. The van der Waals surface area contributed by atoms with Gasteiger partial charge < -0.3 is 20.1 Å². The topological polar surface area (TPSA) is 59.6 Å². The SMILES string of the molecule is COCCCOc1cccc(C(=O)NC2CNCCC2C)c1.Cl. The molecule has 2 atom stereocenters. The zero-order valence-corrected chi connectivity index (χ0v) is 14.7. The molecule has 0 bridgehead atoms. The zero-order valence-electron chi connectivity index (χ0n) is 13.8. The van der Waals surface area contributed by atoms with E-state index in [9.17, 15) is 4.79 Å². The van der Waals surface area contributed by atoms with Crippen LogP contribution >= 0.6 is 12.4 Å². The van der Waals surface area contributed by atoms with Gasteiger partial charge in [-0.3, -0.25) is 4.79 Å². The molecule has 0 aromatic heterocycles. The first-order valence-corrected chi connectivity index (χ1v) is 7.94. The van der Waals surface area contributed by atoms with E-state index < -0.39 is 0 Å². The molecular weight excluding hydrogens is 316 g/mol. The number of piperidine rings is 1. The highest BCUT2D eigenvalue weighted by molar-refractivity contribution is 5.94. The molecule has 1 heterocycles. The fourth-order valence-corrected chi connectivity index (χ4v) is 2.56. The molecule has 6 heteroatoms. The van der Waals surface area contributed by atoms with E-state index in [2.05, 4.69) is 17.6 Å². The molecule has 0 spiro atoms. The van der Waals surface area contributed by atoms with Gasteiger partial charge >= 0.3 is 0 Å². The fourth-order valence-electron chi connectivity index (χ4n) is 2.56. The van der Waals surface area contributed by atoms with Crippen molar-refractivity contribution in [3.8, 4) is 5.75 Å². The van der Waals surface area contributed by atoms with Crippen molar-refractivity contribution in [1.82, 2.24) is 10.6 Å². The minimum atomic E-state index is -0.0390. The number of carbonyl (C=O) groups is 1. The summed E-state index contributed by atoms with van der Waals surface area (Å²) < 4.78 is 10.6. The van der Waals surface area contributed by atoms with Crippen molar-refractivity contribution in [2.24, 2.45) is 5.92 Å². The molecule has 0 aliphatic carbocycles. The number of methoxy groups -OCH3 is 1. The Morgan fingerprint density at radius 1 is 1.39 bits per heavy atom. The molecule has 1 aliphatic rings. The van der Waals surface area contributed by atoms with E-state index in [0.29, 0.717) is 24.7 Å². The third kappa shape index (κ3) is 6.37. The highest BCUT2D eigenvalue weighted by Gasteiger charge is 2.23. The maximum atomic E-state index is 12.4. The Bertz CT molecular complexity index is 485. The Morgan fingerprint density at radius 3 is 2.96 bits per heavy atom. The van der Waals surface area contributed by atoms with Gasteiger partial charge in [0.2, 0.25) is 0 Å². The predicted molar refractivity (Wildman–Crippen MR) is 93.6 cm³/mol. The molecule has 2 N–H and O–H groups in total. The van der Waals surface area contributed by atoms with Crippen LogP contribution in [0.15, 0.2) is 24.3 Å². The van der Waals surface area contributed by atoms with Crippen LogP contribution in [0.5, 0.6) is 5.75 Å². The molecule has 5 nitrogen and oxygen atoms in total. The van der Waals surface area contributed by atoms with Crippen LogP contribution in [0.2, 0.25) is 0 Å². The first-order chi connectivity index (χ1) is 10.7. The number of hydrogen-bond acceptors (Lipinski definition) is 4. The predicted octanol–water partition coefficient (Wildman–Crippen LogP) is 2.25. The van der Waals surface area contributed by atoms with Crippen LogP contribution in [0.4, 0.5) is 0 Å². The molecule has 130 valence electrons. The zero-order chi connectivity index (χ0) is 15.8. The van der Waals surface area contributed by atoms with Gasteiger partial charge in [0.1, 0.15) is 5.75 Å². The van der Waals surface area contributed by atoms with Crippen molar-refractivity contribution in [3.05, 3.63) is 29.8 Å². The third-order valence-corrected chi connectivity index (χ3v) is 4.00. The van der Waals surface area contributed by atoms with Crippen molar-refractivity contribution in [2.75, 3.05) is 33.4 Å². The Hall–Kier alpha value is -1.30. The maximum Gasteiger partial charge on any atom is 0.251 e. The van der Waals surface area contributed by atoms with Crippen LogP contribution < -0.4 is 15.4 Å². The maximum absolute atomic E-state index is 12.4. The molecule has 1 aromatic carbocycles. The fraction of sp³-hybridized carbons (Fsp3) is 0.588. The van der Waals surface area contributed by atoms with Gasteiger partial charge in [0.05, 0.1) is 6.61 Å². The summed E-state index contributed by atoms with van der Waals surface area (Å²) in [6.07, 6.45) is 1.92. The van der Waals surface area contributed by atoms with Gasteiger partial charge in [-0.25, -0.2) is 0 Å². The summed E-state index contributed by atoms with van der Waals surface area (Å²) in [6.45, 7) is 5.30. The second kappa shape index (κ2) is 10.5. The van der Waals surface area contributed by atoms with Gasteiger partial charge in [0.15, 0.2) is 0 Å². The lowest BCUT2D eigenvalue weighted by Crippen LogP contribution is -2.50. The van der Waals surface area contributed by atoms with Gasteiger partial charge in [0.25, 0.3) is 5.91 Å². The average Bonchev–Trinajstić information content (AvgIpc) is 2.54. The van der Waals surface area contributed by atoms with Crippen molar-refractivity contribution < 1.29 is 14.3 Å². The normalized spacial score (nSPS) is 20.4. The van der Waals surface area contributed by atoms with Crippen molar-refractivity contribution in [2.45, 2.75) is 25.8 Å². The Kier molecular flexibility index (Phi) is 8.99. The molecule has 1 fully saturated rings. The first kappa shape index (κ1) is 19.7. The number of hydrogen-bond donors (Lipinski definition) is 2. The lowest BCUT2D eigenvalue weighted by molar-refractivity contribution is 0.0914. The van der Waals surface area contributed by atoms with Crippen LogP contribution in [-0.4, -0.2) is 45.4 Å². The monoisotopic (exact) mass is 342 g/mol. The van der Waals surface area contributed by atoms with E-state index in [-0.39, 0.29) is 24.4 Å². The smallest absolute Gasteiger partial charge is 0.251 e. The molecule has 1 saturated heterocycles. The Morgan fingerprint density at radius 2 is 2.22 bits per heavy atom. The van der Waals surface area contributed by atoms with Gasteiger partial charge in [-0.2, -0.15) is 0 Å². The van der Waals surface area contributed by atoms with Crippen LogP contribution in [0.3, 0.4) is 0 Å². The second-order valence-corrected chi connectivity index (χ2v) is 5.77. The van der Waals surface area contributed by atoms with Gasteiger partial charge in [-0.05, 0) is 37.1 Å². The Labute approximate surface area is 144 Å². The van der Waals surface area contributed by atoms with Crippen LogP contribution in [0.25, 0.3) is 0 Å². The lowest BCUT2D eigenvalue weighted by Gasteiger charge is -2.30. The van der Waals surface area contributed by atoms with Crippen LogP contribution in [-0.2, 0) is 4.74 Å². The summed E-state index contributed by atoms with van der Waals surface area (Å²) in [5.41, 5.74) is 0.641. The van der Waals surface area contributed by atoms with Gasteiger partial charge in [-0.1, -0.05) is 13.0 Å². The van der Waals surface area contributed by atoms with Gasteiger partial charge in [0, 0.05) is 38.3 Å². The molecule has 0 saturated carbocycles. The summed E-state index contributed by atoms with van der Waals surface area (Å²) >= 11 is 0. The summed E-state index contributed by atoms with van der Waals surface area (Å²) in [6, 6.07) is 7.52. The first-order valence-electron chi connectivity index (χ1n) is 7.94. The van der Waals surface area contributed by atoms with Crippen LogP contribution in [0.1, 0.15) is 30.1 Å². The van der Waals surface area contributed by atoms with Crippen molar-refractivity contribution >= 4 is 18.3 Å². The second-order valence-electron chi connectivity index (χ2n) is 5.77. The number of benzene rings is 1. The Balaban J connectivity index is 0.00000264. The van der Waals surface area contributed by atoms with Crippen molar-refractivity contribution in [3.63, 3.8) is 0 Å². The average molecular weight is 343 g/mol. The molecule has 2 rings (SSSR count). The van der Waals surface area contributed by atoms with Gasteiger partial charge in [-0.15, -0.1) is 12.4 Å². The van der Waals surface area contributed by atoms with E-state index in [1.54, 1.807) is 13.2 Å². The molecule has 2 unspecified atom stereocenters. The molecular formula is C17H27ClN2O3. The van der Waals surface area contributed by atoms with E-state index in [1.807, 2.05) is 18.2 Å². The summed E-state index contributed by atoms with van der Waals surface area (Å²) in [7, 11) is 1.67. The number of nitrogens with one attached hydrogen (secondary N) is 2. The summed E-state index contributed by atoms with van der Waals surface area (Å²) in [5, 5.41) is 6.43. The minimum Gasteiger partial charge on any atom is -0.493 e. The quantitative estimate of drug-likeness (QED) is 0.746. The number of amides is 1. The largest absolute Gasteiger partial charge is 0.493 e. The number of rotatable bonds is 7. The summed E-state index contributed by atoms with van der Waals surface area (Å²) in [4.78, 5) is 12.4. The highest BCUT2D eigenvalue weighted by atomic mass is 35.5. The van der Waals surface area contributed by atoms with Crippen LogP contribution in [0, 0.1) is 5.92 Å². The number of carbonyl (C=O) groups excluding carboxylic acids is 1. The van der Waals surface area contributed by atoms with E-state index in [1.165, 1.54) is 0 Å². The number of ether oxygens (including phenoxy) is 2. The van der Waals surface area contributed by atoms with E-state index in [0.717, 1.165) is 31.7 Å². The molecule has 1 aromatic rings. The molecule has 1 amide bonds.